The van der Waals surface area contributed by atoms with E-state index in [2.05, 4.69) is 18.8 Å². The second-order valence-electron chi connectivity index (χ2n) is 2.86. The standard InChI is InChI=1S/C10H14N2S/c1-3-7-8(10(11)13)5-6-12-9(7)4-2/h5-6H,3-4H2,1-2H3,(H2,11,13). The lowest BCUT2D eigenvalue weighted by Crippen LogP contribution is -2.14. The molecule has 1 aromatic heterocycles. The normalized spacial score (nSPS) is 10.0. The summed E-state index contributed by atoms with van der Waals surface area (Å²) >= 11 is 4.97. The van der Waals surface area contributed by atoms with E-state index >= 15 is 0 Å². The molecule has 13 heavy (non-hydrogen) atoms. The van der Waals surface area contributed by atoms with E-state index in [0.29, 0.717) is 4.99 Å². The Labute approximate surface area is 84.2 Å². The average molecular weight is 194 g/mol. The van der Waals surface area contributed by atoms with Crippen molar-refractivity contribution in [1.29, 1.82) is 0 Å². The lowest BCUT2D eigenvalue weighted by molar-refractivity contribution is 0.960. The van der Waals surface area contributed by atoms with E-state index in [4.69, 9.17) is 18.0 Å². The van der Waals surface area contributed by atoms with E-state index in [9.17, 15) is 0 Å². The molecule has 0 aliphatic carbocycles. The maximum atomic E-state index is 5.62. The fourth-order valence-electron chi connectivity index (χ4n) is 1.47. The Balaban J connectivity index is 3.27. The lowest BCUT2D eigenvalue weighted by atomic mass is 10.0. The van der Waals surface area contributed by atoms with Crippen LogP contribution >= 0.6 is 12.2 Å². The van der Waals surface area contributed by atoms with Crippen molar-refractivity contribution in [3.8, 4) is 0 Å². The fraction of sp³-hybridized carbons (Fsp3) is 0.400. The predicted molar refractivity (Wildman–Crippen MR) is 58.9 cm³/mol. The van der Waals surface area contributed by atoms with Crippen molar-refractivity contribution in [2.24, 2.45) is 5.73 Å². The molecule has 3 heteroatoms. The second kappa shape index (κ2) is 4.33. The number of nitrogens with two attached hydrogens (primary N) is 1. The summed E-state index contributed by atoms with van der Waals surface area (Å²) in [6, 6.07) is 1.89. The number of pyridine rings is 1. The van der Waals surface area contributed by atoms with Gasteiger partial charge in [0.15, 0.2) is 0 Å². The molecular formula is C10H14N2S. The molecule has 0 unspecified atom stereocenters. The minimum absolute atomic E-state index is 0.467. The summed E-state index contributed by atoms with van der Waals surface area (Å²) in [5.74, 6) is 0. The van der Waals surface area contributed by atoms with E-state index in [0.717, 1.165) is 24.1 Å². The van der Waals surface area contributed by atoms with Crippen LogP contribution in [0.5, 0.6) is 0 Å². The van der Waals surface area contributed by atoms with Crippen LogP contribution in [0, 0.1) is 0 Å². The third-order valence-corrected chi connectivity index (χ3v) is 2.32. The van der Waals surface area contributed by atoms with Gasteiger partial charge >= 0.3 is 0 Å². The number of hydrogen-bond acceptors (Lipinski definition) is 2. The van der Waals surface area contributed by atoms with Gasteiger partial charge in [0.05, 0.1) is 0 Å². The predicted octanol–water partition coefficient (Wildman–Crippen LogP) is 1.84. The SMILES string of the molecule is CCc1nccc(C(N)=S)c1CC. The molecule has 0 spiro atoms. The Morgan fingerprint density at radius 3 is 2.62 bits per heavy atom. The molecule has 0 saturated carbocycles. The molecule has 1 rings (SSSR count). The van der Waals surface area contributed by atoms with Crippen molar-refractivity contribution >= 4 is 17.2 Å². The van der Waals surface area contributed by atoms with Gasteiger partial charge in [0, 0.05) is 17.5 Å². The van der Waals surface area contributed by atoms with Gasteiger partial charge in [-0.25, -0.2) is 0 Å². The number of hydrogen-bond donors (Lipinski definition) is 1. The van der Waals surface area contributed by atoms with E-state index in [1.165, 1.54) is 5.56 Å². The largest absolute Gasteiger partial charge is 0.389 e. The van der Waals surface area contributed by atoms with Crippen molar-refractivity contribution in [2.45, 2.75) is 26.7 Å². The first-order valence-corrected chi connectivity index (χ1v) is 4.88. The van der Waals surface area contributed by atoms with Gasteiger partial charge in [-0.3, -0.25) is 4.98 Å². The minimum Gasteiger partial charge on any atom is -0.389 e. The summed E-state index contributed by atoms with van der Waals surface area (Å²) in [5, 5.41) is 0. The third-order valence-electron chi connectivity index (χ3n) is 2.10. The fourth-order valence-corrected chi connectivity index (χ4v) is 1.66. The first-order chi connectivity index (χ1) is 6.20. The van der Waals surface area contributed by atoms with Gasteiger partial charge in [-0.2, -0.15) is 0 Å². The summed E-state index contributed by atoms with van der Waals surface area (Å²) in [6.07, 6.45) is 3.63. The summed E-state index contributed by atoms with van der Waals surface area (Å²) in [6.45, 7) is 4.18. The van der Waals surface area contributed by atoms with Crippen LogP contribution in [0.2, 0.25) is 0 Å². The van der Waals surface area contributed by atoms with E-state index < -0.39 is 0 Å². The maximum absolute atomic E-state index is 5.62. The van der Waals surface area contributed by atoms with Gasteiger partial charge in [0.25, 0.3) is 0 Å². The lowest BCUT2D eigenvalue weighted by Gasteiger charge is -2.09. The summed E-state index contributed by atoms with van der Waals surface area (Å²) in [7, 11) is 0. The molecule has 1 aromatic rings. The van der Waals surface area contributed by atoms with Gasteiger partial charge in [0.1, 0.15) is 4.99 Å². The molecule has 0 aliphatic rings. The Hall–Kier alpha value is -0.960. The zero-order valence-corrected chi connectivity index (χ0v) is 8.82. The highest BCUT2D eigenvalue weighted by Gasteiger charge is 2.07. The van der Waals surface area contributed by atoms with Crippen molar-refractivity contribution < 1.29 is 0 Å². The Bertz CT molecular complexity index is 321. The molecule has 70 valence electrons. The number of rotatable bonds is 3. The molecule has 0 aliphatic heterocycles. The van der Waals surface area contributed by atoms with Crippen LogP contribution in [0.1, 0.15) is 30.7 Å². The molecule has 1 heterocycles. The Morgan fingerprint density at radius 1 is 1.46 bits per heavy atom. The van der Waals surface area contributed by atoms with Gasteiger partial charge in [-0.05, 0) is 24.5 Å². The van der Waals surface area contributed by atoms with E-state index in [1.807, 2.05) is 6.07 Å². The Morgan fingerprint density at radius 2 is 2.15 bits per heavy atom. The summed E-state index contributed by atoms with van der Waals surface area (Å²) < 4.78 is 0. The zero-order valence-electron chi connectivity index (χ0n) is 8.00. The van der Waals surface area contributed by atoms with Gasteiger partial charge in [-0.15, -0.1) is 0 Å². The Kier molecular flexibility index (Phi) is 3.37. The van der Waals surface area contributed by atoms with Crippen molar-refractivity contribution in [1.82, 2.24) is 4.98 Å². The van der Waals surface area contributed by atoms with Gasteiger partial charge < -0.3 is 5.73 Å². The smallest absolute Gasteiger partial charge is 0.104 e. The van der Waals surface area contributed by atoms with Crippen LogP contribution in [-0.2, 0) is 12.8 Å². The van der Waals surface area contributed by atoms with Crippen LogP contribution in [0.25, 0.3) is 0 Å². The second-order valence-corrected chi connectivity index (χ2v) is 3.29. The summed E-state index contributed by atoms with van der Waals surface area (Å²) in [5.41, 5.74) is 8.89. The van der Waals surface area contributed by atoms with Crippen LogP contribution in [0.4, 0.5) is 0 Å². The first kappa shape index (κ1) is 10.1. The van der Waals surface area contributed by atoms with Crippen LogP contribution in [0.3, 0.4) is 0 Å². The summed E-state index contributed by atoms with van der Waals surface area (Å²) in [4.78, 5) is 4.76. The van der Waals surface area contributed by atoms with E-state index in [1.54, 1.807) is 6.20 Å². The third kappa shape index (κ3) is 2.04. The van der Waals surface area contributed by atoms with Crippen LogP contribution < -0.4 is 5.73 Å². The minimum atomic E-state index is 0.467. The van der Waals surface area contributed by atoms with Gasteiger partial charge in [0.2, 0.25) is 0 Å². The molecule has 0 amide bonds. The quantitative estimate of drug-likeness (QED) is 0.746. The molecular weight excluding hydrogens is 180 g/mol. The molecule has 0 radical (unpaired) electrons. The highest BCUT2D eigenvalue weighted by atomic mass is 32.1. The highest BCUT2D eigenvalue weighted by molar-refractivity contribution is 7.80. The van der Waals surface area contributed by atoms with Crippen molar-refractivity contribution in [3.05, 3.63) is 29.1 Å². The van der Waals surface area contributed by atoms with Crippen LogP contribution in [-0.4, -0.2) is 9.97 Å². The molecule has 0 atom stereocenters. The van der Waals surface area contributed by atoms with Gasteiger partial charge in [-0.1, -0.05) is 26.1 Å². The number of thiocarbonyl (C=S) groups is 1. The monoisotopic (exact) mass is 194 g/mol. The number of aryl methyl sites for hydroxylation is 1. The molecule has 0 saturated heterocycles. The molecule has 0 fully saturated rings. The number of aromatic nitrogens is 1. The first-order valence-electron chi connectivity index (χ1n) is 4.47. The topological polar surface area (TPSA) is 38.9 Å². The molecule has 2 N–H and O–H groups in total. The molecule has 0 bridgehead atoms. The highest BCUT2D eigenvalue weighted by Crippen LogP contribution is 2.13. The average Bonchev–Trinajstić information content (AvgIpc) is 2.16. The van der Waals surface area contributed by atoms with Crippen LogP contribution in [0.15, 0.2) is 12.3 Å². The van der Waals surface area contributed by atoms with Crippen molar-refractivity contribution in [2.75, 3.05) is 0 Å². The zero-order chi connectivity index (χ0) is 9.84. The van der Waals surface area contributed by atoms with Crippen molar-refractivity contribution in [3.63, 3.8) is 0 Å². The molecule has 0 aromatic carbocycles. The molecule has 2 nitrogen and oxygen atoms in total. The maximum Gasteiger partial charge on any atom is 0.104 e. The number of nitrogens with zero attached hydrogens (tertiary/aromatic N) is 1. The van der Waals surface area contributed by atoms with E-state index in [-0.39, 0.29) is 0 Å².